The van der Waals surface area contributed by atoms with Crippen molar-refractivity contribution in [2.45, 2.75) is 25.9 Å². The van der Waals surface area contributed by atoms with Gasteiger partial charge in [-0.25, -0.2) is 13.2 Å². The number of rotatable bonds is 5. The number of nitrogens with one attached hydrogen (secondary N) is 1. The van der Waals surface area contributed by atoms with Crippen LogP contribution in [0, 0.1) is 17.5 Å². The molecule has 1 atom stereocenters. The van der Waals surface area contributed by atoms with Gasteiger partial charge in [0.2, 0.25) is 0 Å². The topological polar surface area (TPSA) is 12.0 Å². The molecule has 1 nitrogen and oxygen atoms in total. The highest BCUT2D eigenvalue weighted by molar-refractivity contribution is 9.10. The molecule has 0 aliphatic heterocycles. The highest BCUT2D eigenvalue weighted by Gasteiger charge is 2.12. The fourth-order valence-electron chi connectivity index (χ4n) is 2.07. The second kappa shape index (κ2) is 7.09. The van der Waals surface area contributed by atoms with Crippen molar-refractivity contribution in [2.75, 3.05) is 0 Å². The molecule has 0 amide bonds. The van der Waals surface area contributed by atoms with E-state index in [0.29, 0.717) is 6.54 Å². The summed E-state index contributed by atoms with van der Waals surface area (Å²) in [5.74, 6) is -1.41. The fourth-order valence-corrected chi connectivity index (χ4v) is 2.46. The average molecular weight is 358 g/mol. The summed E-state index contributed by atoms with van der Waals surface area (Å²) in [5.41, 5.74) is 0.826. The molecule has 112 valence electrons. The average Bonchev–Trinajstić information content (AvgIpc) is 2.44. The van der Waals surface area contributed by atoms with Gasteiger partial charge in [0.1, 0.15) is 17.5 Å². The molecule has 0 radical (unpaired) electrons. The lowest BCUT2D eigenvalue weighted by Crippen LogP contribution is -2.28. The molecular weight excluding hydrogens is 343 g/mol. The van der Waals surface area contributed by atoms with Crippen molar-refractivity contribution in [3.05, 3.63) is 69.4 Å². The van der Waals surface area contributed by atoms with Gasteiger partial charge in [0, 0.05) is 22.6 Å². The van der Waals surface area contributed by atoms with Gasteiger partial charge in [-0.05, 0) is 49.2 Å². The van der Waals surface area contributed by atoms with E-state index in [4.69, 9.17) is 0 Å². The summed E-state index contributed by atoms with van der Waals surface area (Å²) in [4.78, 5) is 0. The Balaban J connectivity index is 1.99. The molecule has 0 bridgehead atoms. The zero-order chi connectivity index (χ0) is 15.4. The molecule has 1 unspecified atom stereocenters. The molecule has 0 heterocycles. The smallest absolute Gasteiger partial charge is 0.129 e. The normalized spacial score (nSPS) is 12.4. The maximum atomic E-state index is 13.6. The van der Waals surface area contributed by atoms with E-state index in [0.717, 1.165) is 10.0 Å². The SMILES string of the molecule is CC(Cc1c(F)cccc1F)NCc1cc(F)ccc1Br. The molecule has 0 spiro atoms. The Bertz CT molecular complexity index is 611. The first-order valence-electron chi connectivity index (χ1n) is 6.57. The van der Waals surface area contributed by atoms with Crippen LogP contribution in [-0.4, -0.2) is 6.04 Å². The number of hydrogen-bond donors (Lipinski definition) is 1. The van der Waals surface area contributed by atoms with Gasteiger partial charge in [-0.1, -0.05) is 22.0 Å². The second-order valence-corrected chi connectivity index (χ2v) is 5.78. The Kier molecular flexibility index (Phi) is 5.42. The number of benzene rings is 2. The Labute approximate surface area is 130 Å². The first-order valence-corrected chi connectivity index (χ1v) is 7.37. The molecule has 0 fully saturated rings. The summed E-state index contributed by atoms with van der Waals surface area (Å²) < 4.78 is 41.1. The molecule has 0 aliphatic carbocycles. The quantitative estimate of drug-likeness (QED) is 0.825. The third-order valence-electron chi connectivity index (χ3n) is 3.22. The Hall–Kier alpha value is -1.33. The van der Waals surface area contributed by atoms with Crippen molar-refractivity contribution >= 4 is 15.9 Å². The minimum Gasteiger partial charge on any atom is -0.310 e. The summed E-state index contributed by atoms with van der Waals surface area (Å²) in [6.45, 7) is 2.24. The van der Waals surface area contributed by atoms with Crippen LogP contribution in [-0.2, 0) is 13.0 Å². The van der Waals surface area contributed by atoms with Crippen molar-refractivity contribution in [3.63, 3.8) is 0 Å². The molecule has 1 N–H and O–H groups in total. The maximum absolute atomic E-state index is 13.6. The minimum atomic E-state index is -0.546. The highest BCUT2D eigenvalue weighted by Crippen LogP contribution is 2.18. The van der Waals surface area contributed by atoms with Crippen molar-refractivity contribution < 1.29 is 13.2 Å². The monoisotopic (exact) mass is 357 g/mol. The van der Waals surface area contributed by atoms with E-state index < -0.39 is 11.6 Å². The van der Waals surface area contributed by atoms with E-state index in [2.05, 4.69) is 21.2 Å². The molecule has 2 rings (SSSR count). The van der Waals surface area contributed by atoms with Gasteiger partial charge in [0.25, 0.3) is 0 Å². The standard InChI is InChI=1S/C16H15BrF3N/c1-10(7-13-15(19)3-2-4-16(13)20)21-9-11-8-12(18)5-6-14(11)17/h2-6,8,10,21H,7,9H2,1H3. The van der Waals surface area contributed by atoms with Gasteiger partial charge in [0.05, 0.1) is 0 Å². The predicted molar refractivity (Wildman–Crippen MR) is 80.5 cm³/mol. The largest absolute Gasteiger partial charge is 0.310 e. The van der Waals surface area contributed by atoms with E-state index in [1.165, 1.54) is 30.3 Å². The van der Waals surface area contributed by atoms with Gasteiger partial charge >= 0.3 is 0 Å². The van der Waals surface area contributed by atoms with E-state index in [1.807, 2.05) is 6.92 Å². The molecule has 0 saturated heterocycles. The van der Waals surface area contributed by atoms with Crippen LogP contribution in [0.15, 0.2) is 40.9 Å². The third kappa shape index (κ3) is 4.32. The van der Waals surface area contributed by atoms with Gasteiger partial charge < -0.3 is 5.32 Å². The lowest BCUT2D eigenvalue weighted by Gasteiger charge is -2.15. The Morgan fingerprint density at radius 1 is 1.10 bits per heavy atom. The molecule has 2 aromatic rings. The second-order valence-electron chi connectivity index (χ2n) is 4.92. The van der Waals surface area contributed by atoms with Crippen molar-refractivity contribution in [2.24, 2.45) is 0 Å². The van der Waals surface area contributed by atoms with E-state index >= 15 is 0 Å². The molecule has 2 aromatic carbocycles. The van der Waals surface area contributed by atoms with Crippen molar-refractivity contribution in [1.29, 1.82) is 0 Å². The van der Waals surface area contributed by atoms with E-state index in [1.54, 1.807) is 6.07 Å². The molecular formula is C16H15BrF3N. The lowest BCUT2D eigenvalue weighted by molar-refractivity contribution is 0.498. The summed E-state index contributed by atoms with van der Waals surface area (Å²) >= 11 is 3.34. The Morgan fingerprint density at radius 2 is 1.76 bits per heavy atom. The lowest BCUT2D eigenvalue weighted by atomic mass is 10.1. The number of hydrogen-bond acceptors (Lipinski definition) is 1. The molecule has 21 heavy (non-hydrogen) atoms. The van der Waals surface area contributed by atoms with Crippen molar-refractivity contribution in [1.82, 2.24) is 5.32 Å². The Morgan fingerprint density at radius 3 is 2.43 bits per heavy atom. The minimum absolute atomic E-state index is 0.0656. The predicted octanol–water partition coefficient (Wildman–Crippen LogP) is 4.59. The summed E-state index contributed by atoms with van der Waals surface area (Å²) in [6, 6.07) is 8.11. The zero-order valence-corrected chi connectivity index (χ0v) is 13.1. The number of halogens is 4. The highest BCUT2D eigenvalue weighted by atomic mass is 79.9. The van der Waals surface area contributed by atoms with Crippen LogP contribution in [0.2, 0.25) is 0 Å². The van der Waals surface area contributed by atoms with Crippen LogP contribution in [0.1, 0.15) is 18.1 Å². The fraction of sp³-hybridized carbons (Fsp3) is 0.250. The van der Waals surface area contributed by atoms with Gasteiger partial charge in [-0.2, -0.15) is 0 Å². The van der Waals surface area contributed by atoms with Crippen LogP contribution in [0.4, 0.5) is 13.2 Å². The van der Waals surface area contributed by atoms with Crippen LogP contribution in [0.3, 0.4) is 0 Å². The van der Waals surface area contributed by atoms with Gasteiger partial charge in [-0.3, -0.25) is 0 Å². The third-order valence-corrected chi connectivity index (χ3v) is 3.99. The van der Waals surface area contributed by atoms with E-state index in [9.17, 15) is 13.2 Å². The first kappa shape index (κ1) is 16.0. The van der Waals surface area contributed by atoms with Crippen LogP contribution in [0.25, 0.3) is 0 Å². The summed E-state index contributed by atoms with van der Waals surface area (Å²) in [7, 11) is 0. The van der Waals surface area contributed by atoms with Crippen LogP contribution < -0.4 is 5.32 Å². The molecule has 0 saturated carbocycles. The molecule has 0 aliphatic rings. The van der Waals surface area contributed by atoms with Crippen LogP contribution >= 0.6 is 15.9 Å². The molecule has 0 aromatic heterocycles. The van der Waals surface area contributed by atoms with Crippen LogP contribution in [0.5, 0.6) is 0 Å². The summed E-state index contributed by atoms with van der Waals surface area (Å²) in [6.07, 6.45) is 0.228. The van der Waals surface area contributed by atoms with Gasteiger partial charge in [-0.15, -0.1) is 0 Å². The van der Waals surface area contributed by atoms with Gasteiger partial charge in [0.15, 0.2) is 0 Å². The zero-order valence-electron chi connectivity index (χ0n) is 11.5. The van der Waals surface area contributed by atoms with Crippen molar-refractivity contribution in [3.8, 4) is 0 Å². The summed E-state index contributed by atoms with van der Waals surface area (Å²) in [5, 5.41) is 3.14. The molecule has 5 heteroatoms. The maximum Gasteiger partial charge on any atom is 0.129 e. The first-order chi connectivity index (χ1) is 9.97. The van der Waals surface area contributed by atoms with E-state index in [-0.39, 0.29) is 23.8 Å².